The summed E-state index contributed by atoms with van der Waals surface area (Å²) in [5, 5.41) is 20.1. The van der Waals surface area contributed by atoms with Gasteiger partial charge in [0.2, 0.25) is 17.2 Å². The van der Waals surface area contributed by atoms with Crippen LogP contribution in [0.25, 0.3) is 0 Å². The molecule has 0 spiro atoms. The van der Waals surface area contributed by atoms with Crippen LogP contribution in [0.3, 0.4) is 0 Å². The molecule has 1 aromatic rings. The summed E-state index contributed by atoms with van der Waals surface area (Å²) in [4.78, 5) is 11.3. The number of phenolic OH excluding ortho intramolecular Hbond substituents is 1. The van der Waals surface area contributed by atoms with E-state index in [2.05, 4.69) is 20.8 Å². The van der Waals surface area contributed by atoms with Gasteiger partial charge in [-0.15, -0.1) is 0 Å². The summed E-state index contributed by atoms with van der Waals surface area (Å²) in [5.74, 6) is 0.248. The van der Waals surface area contributed by atoms with Crippen LogP contribution in [0, 0.1) is 6.92 Å². The van der Waals surface area contributed by atoms with Gasteiger partial charge in [0, 0.05) is 5.56 Å². The Morgan fingerprint density at radius 3 is 1.48 bits per heavy atom. The van der Waals surface area contributed by atoms with Crippen molar-refractivity contribution in [3.8, 4) is 28.7 Å². The highest BCUT2D eigenvalue weighted by atomic mass is 16.7. The molecule has 0 amide bonds. The van der Waals surface area contributed by atoms with E-state index in [0.717, 1.165) is 77.0 Å². The first-order chi connectivity index (χ1) is 16.0. The first kappa shape index (κ1) is 28.7. The fourth-order valence-electron chi connectivity index (χ4n) is 3.52. The molecule has 33 heavy (non-hydrogen) atoms. The number of aromatic hydroxyl groups is 1. The predicted molar refractivity (Wildman–Crippen MR) is 130 cm³/mol. The summed E-state index contributed by atoms with van der Waals surface area (Å²) >= 11 is 0. The lowest BCUT2D eigenvalue weighted by atomic mass is 10.1. The summed E-state index contributed by atoms with van der Waals surface area (Å²) < 4.78 is 23.0. The van der Waals surface area contributed by atoms with Crippen molar-refractivity contribution in [2.75, 3.05) is 19.8 Å². The fraction of sp³-hybridized carbons (Fsp3) is 0.731. The molecular weight excluding hydrogens is 424 g/mol. The van der Waals surface area contributed by atoms with E-state index in [1.165, 1.54) is 0 Å². The Morgan fingerprint density at radius 1 is 0.636 bits per heavy atom. The molecular formula is C26H44O7. The quantitative estimate of drug-likeness (QED) is 0.122. The van der Waals surface area contributed by atoms with Crippen molar-refractivity contribution in [1.82, 2.24) is 0 Å². The molecule has 0 atom stereocenters. The third-order valence-corrected chi connectivity index (χ3v) is 5.45. The highest BCUT2D eigenvalue weighted by Gasteiger charge is 2.28. The second-order valence-electron chi connectivity index (χ2n) is 8.39. The van der Waals surface area contributed by atoms with E-state index in [0.29, 0.717) is 36.9 Å². The van der Waals surface area contributed by atoms with Crippen LogP contribution in [-0.4, -0.2) is 36.2 Å². The van der Waals surface area contributed by atoms with Gasteiger partial charge in [0.15, 0.2) is 11.5 Å². The molecule has 7 heteroatoms. The van der Waals surface area contributed by atoms with Crippen molar-refractivity contribution in [2.24, 2.45) is 0 Å². The molecule has 0 heterocycles. The van der Waals surface area contributed by atoms with Crippen molar-refractivity contribution in [3.63, 3.8) is 0 Å². The topological polar surface area (TPSA) is 94.5 Å². The highest BCUT2D eigenvalue weighted by Crippen LogP contribution is 2.53. The molecule has 2 N–H and O–H groups in total. The van der Waals surface area contributed by atoms with E-state index < -0.39 is 6.16 Å². The molecule has 190 valence electrons. The number of carbonyl (C=O) groups is 1. The number of benzene rings is 1. The van der Waals surface area contributed by atoms with E-state index in [1.807, 2.05) is 0 Å². The van der Waals surface area contributed by atoms with Crippen LogP contribution < -0.4 is 18.9 Å². The molecule has 1 rings (SSSR count). The Kier molecular flexibility index (Phi) is 15.0. The van der Waals surface area contributed by atoms with Crippen LogP contribution >= 0.6 is 0 Å². The zero-order valence-electron chi connectivity index (χ0n) is 21.0. The molecule has 0 aromatic heterocycles. The Bertz CT molecular complexity index is 647. The second kappa shape index (κ2) is 17.2. The van der Waals surface area contributed by atoms with Gasteiger partial charge in [-0.05, 0) is 26.2 Å². The Hall–Kier alpha value is -2.31. The normalized spacial score (nSPS) is 10.8. The average molecular weight is 469 g/mol. The first-order valence-corrected chi connectivity index (χ1v) is 12.7. The van der Waals surface area contributed by atoms with Crippen molar-refractivity contribution >= 4 is 6.16 Å². The van der Waals surface area contributed by atoms with Crippen LogP contribution in [-0.2, 0) is 0 Å². The van der Waals surface area contributed by atoms with Crippen LogP contribution in [0.4, 0.5) is 4.79 Å². The maximum absolute atomic E-state index is 11.3. The van der Waals surface area contributed by atoms with Crippen LogP contribution in [0.1, 0.15) is 103 Å². The molecule has 0 saturated heterocycles. The molecule has 0 unspecified atom stereocenters. The van der Waals surface area contributed by atoms with Gasteiger partial charge in [-0.25, -0.2) is 4.79 Å². The lowest BCUT2D eigenvalue weighted by Gasteiger charge is -2.22. The maximum atomic E-state index is 11.3. The molecule has 0 radical (unpaired) electrons. The standard InChI is InChI=1S/C26H44O7/c1-5-8-11-14-17-30-23-20(4)22(33-26(28)29)21(27)24(31-18-15-12-9-6-2)25(23)32-19-16-13-10-7-3/h27H,5-19H2,1-4H3,(H,28,29). The molecule has 0 aliphatic rings. The van der Waals surface area contributed by atoms with Crippen molar-refractivity contribution in [1.29, 1.82) is 0 Å². The van der Waals surface area contributed by atoms with Gasteiger partial charge in [0.05, 0.1) is 19.8 Å². The summed E-state index contributed by atoms with van der Waals surface area (Å²) in [6, 6.07) is 0. The minimum absolute atomic E-state index is 0.0902. The van der Waals surface area contributed by atoms with Crippen LogP contribution in [0.15, 0.2) is 0 Å². The van der Waals surface area contributed by atoms with E-state index in [9.17, 15) is 15.0 Å². The van der Waals surface area contributed by atoms with Crippen LogP contribution in [0.5, 0.6) is 28.7 Å². The zero-order valence-corrected chi connectivity index (χ0v) is 21.0. The Morgan fingerprint density at radius 2 is 1.06 bits per heavy atom. The molecule has 0 aliphatic heterocycles. The lowest BCUT2D eigenvalue weighted by Crippen LogP contribution is -2.11. The molecule has 7 nitrogen and oxygen atoms in total. The zero-order chi connectivity index (χ0) is 24.5. The van der Waals surface area contributed by atoms with Gasteiger partial charge >= 0.3 is 6.16 Å². The van der Waals surface area contributed by atoms with Crippen LogP contribution in [0.2, 0.25) is 0 Å². The van der Waals surface area contributed by atoms with Crippen molar-refractivity contribution < 1.29 is 34.0 Å². The Balaban J connectivity index is 3.22. The minimum Gasteiger partial charge on any atom is -0.502 e. The fourth-order valence-corrected chi connectivity index (χ4v) is 3.52. The summed E-state index contributed by atoms with van der Waals surface area (Å²) in [5.41, 5.74) is 0.382. The molecule has 0 saturated carbocycles. The van der Waals surface area contributed by atoms with Gasteiger partial charge in [-0.3, -0.25) is 0 Å². The van der Waals surface area contributed by atoms with E-state index in [-0.39, 0.29) is 17.2 Å². The summed E-state index contributed by atoms with van der Waals surface area (Å²) in [6.07, 6.45) is 10.8. The number of hydrogen-bond donors (Lipinski definition) is 2. The summed E-state index contributed by atoms with van der Waals surface area (Å²) in [6.45, 7) is 9.39. The number of carboxylic acid groups (broad SMARTS) is 1. The minimum atomic E-state index is -1.51. The van der Waals surface area contributed by atoms with Gasteiger partial charge in [0.1, 0.15) is 0 Å². The molecule has 1 aromatic carbocycles. The summed E-state index contributed by atoms with van der Waals surface area (Å²) in [7, 11) is 0. The largest absolute Gasteiger partial charge is 0.511 e. The van der Waals surface area contributed by atoms with Crippen molar-refractivity contribution in [3.05, 3.63) is 5.56 Å². The van der Waals surface area contributed by atoms with Crippen molar-refractivity contribution in [2.45, 2.75) is 105 Å². The highest BCUT2D eigenvalue weighted by molar-refractivity contribution is 5.73. The first-order valence-electron chi connectivity index (χ1n) is 12.7. The van der Waals surface area contributed by atoms with Gasteiger partial charge < -0.3 is 29.2 Å². The van der Waals surface area contributed by atoms with E-state index in [1.54, 1.807) is 6.92 Å². The van der Waals surface area contributed by atoms with E-state index >= 15 is 0 Å². The van der Waals surface area contributed by atoms with Gasteiger partial charge in [0.25, 0.3) is 0 Å². The van der Waals surface area contributed by atoms with Gasteiger partial charge in [-0.1, -0.05) is 78.6 Å². The average Bonchev–Trinajstić information content (AvgIpc) is 2.79. The predicted octanol–water partition coefficient (Wildman–Crippen LogP) is 7.63. The number of ether oxygens (including phenoxy) is 4. The third kappa shape index (κ3) is 10.4. The number of rotatable bonds is 19. The monoisotopic (exact) mass is 468 g/mol. The SMILES string of the molecule is CCCCCCOc1c(C)c(OC(=O)O)c(O)c(OCCCCCC)c1OCCCCCC. The second-order valence-corrected chi connectivity index (χ2v) is 8.39. The molecule has 0 fully saturated rings. The Labute approximate surface area is 199 Å². The van der Waals surface area contributed by atoms with Gasteiger partial charge in [-0.2, -0.15) is 0 Å². The maximum Gasteiger partial charge on any atom is 0.511 e. The number of hydrogen-bond acceptors (Lipinski definition) is 6. The lowest BCUT2D eigenvalue weighted by molar-refractivity contribution is 0.141. The smallest absolute Gasteiger partial charge is 0.502 e. The van der Waals surface area contributed by atoms with E-state index in [4.69, 9.17) is 18.9 Å². The molecule has 0 bridgehead atoms. The molecule has 0 aliphatic carbocycles. The number of phenols is 1. The number of unbranched alkanes of at least 4 members (excludes halogenated alkanes) is 9. The third-order valence-electron chi connectivity index (χ3n) is 5.45.